The van der Waals surface area contributed by atoms with Gasteiger partial charge in [0.1, 0.15) is 5.69 Å². The number of aryl methyl sites for hydroxylation is 1. The van der Waals surface area contributed by atoms with Gasteiger partial charge in [-0.15, -0.1) is 0 Å². The van der Waals surface area contributed by atoms with Crippen LogP contribution in [0.1, 0.15) is 71.0 Å². The summed E-state index contributed by atoms with van der Waals surface area (Å²) in [5, 5.41) is 3.03. The summed E-state index contributed by atoms with van der Waals surface area (Å²) in [6, 6.07) is 9.27. The highest BCUT2D eigenvalue weighted by molar-refractivity contribution is 6.06. The van der Waals surface area contributed by atoms with Crippen LogP contribution >= 0.6 is 0 Å². The van der Waals surface area contributed by atoms with Crippen LogP contribution in [0.4, 0.5) is 5.69 Å². The normalized spacial score (nSPS) is 14.3. The quantitative estimate of drug-likeness (QED) is 0.874. The molecule has 1 N–H and O–H groups in total. The van der Waals surface area contributed by atoms with Crippen LogP contribution in [0.5, 0.6) is 0 Å². The van der Waals surface area contributed by atoms with Crippen LogP contribution in [0.2, 0.25) is 0 Å². The van der Waals surface area contributed by atoms with Gasteiger partial charge in [0.2, 0.25) is 0 Å². The number of anilines is 1. The molecule has 1 aromatic carbocycles. The highest BCUT2D eigenvalue weighted by Crippen LogP contribution is 2.28. The number of nitrogens with one attached hydrogen (secondary N) is 1. The lowest BCUT2D eigenvalue weighted by molar-refractivity contribution is 0.0718. The zero-order valence-corrected chi connectivity index (χ0v) is 16.3. The molecule has 1 saturated heterocycles. The van der Waals surface area contributed by atoms with Crippen molar-refractivity contribution >= 4 is 17.5 Å². The van der Waals surface area contributed by atoms with E-state index in [9.17, 15) is 9.59 Å². The standard InChI is InChI=1S/C22H27N3O2/c1-15(2)18-9-7-8-16(3)20(18)24-21(26)17-10-11-23-19(14-17)22(27)25-12-5-4-6-13-25/h7-11,14-15H,4-6,12-13H2,1-3H3,(H,24,26). The van der Waals surface area contributed by atoms with Crippen LogP contribution < -0.4 is 5.32 Å². The maximum absolute atomic E-state index is 12.8. The van der Waals surface area contributed by atoms with Crippen molar-refractivity contribution in [2.75, 3.05) is 18.4 Å². The fraction of sp³-hybridized carbons (Fsp3) is 0.409. The minimum absolute atomic E-state index is 0.0943. The number of rotatable bonds is 4. The second-order valence-corrected chi connectivity index (χ2v) is 7.43. The Morgan fingerprint density at radius 3 is 2.56 bits per heavy atom. The van der Waals surface area contributed by atoms with E-state index >= 15 is 0 Å². The lowest BCUT2D eigenvalue weighted by Gasteiger charge is -2.26. The summed E-state index contributed by atoms with van der Waals surface area (Å²) in [4.78, 5) is 31.5. The molecule has 0 radical (unpaired) electrons. The van der Waals surface area contributed by atoms with Crippen molar-refractivity contribution in [2.45, 2.75) is 46.0 Å². The number of amides is 2. The minimum atomic E-state index is -0.221. The molecule has 0 atom stereocenters. The van der Waals surface area contributed by atoms with Crippen LogP contribution in [-0.2, 0) is 0 Å². The van der Waals surface area contributed by atoms with E-state index in [1.165, 1.54) is 6.20 Å². The third kappa shape index (κ3) is 4.35. The molecule has 2 aromatic rings. The Labute approximate surface area is 160 Å². The molecule has 0 aliphatic carbocycles. The average molecular weight is 365 g/mol. The van der Waals surface area contributed by atoms with Crippen molar-refractivity contribution in [3.05, 3.63) is 58.9 Å². The molecule has 27 heavy (non-hydrogen) atoms. The molecule has 5 heteroatoms. The van der Waals surface area contributed by atoms with E-state index in [4.69, 9.17) is 0 Å². The number of pyridine rings is 1. The van der Waals surface area contributed by atoms with Gasteiger partial charge in [0.15, 0.2) is 0 Å². The number of carbonyl (C=O) groups is 2. The van der Waals surface area contributed by atoms with Crippen molar-refractivity contribution in [3.63, 3.8) is 0 Å². The number of hydrogen-bond acceptors (Lipinski definition) is 3. The molecule has 0 spiro atoms. The van der Waals surface area contributed by atoms with Crippen molar-refractivity contribution in [3.8, 4) is 0 Å². The van der Waals surface area contributed by atoms with Crippen LogP contribution in [0.25, 0.3) is 0 Å². The number of nitrogens with zero attached hydrogens (tertiary/aromatic N) is 2. The molecule has 2 amide bonds. The molecule has 0 unspecified atom stereocenters. The first-order valence-corrected chi connectivity index (χ1v) is 9.63. The SMILES string of the molecule is Cc1cccc(C(C)C)c1NC(=O)c1ccnc(C(=O)N2CCCCC2)c1. The Morgan fingerprint density at radius 2 is 1.85 bits per heavy atom. The fourth-order valence-electron chi connectivity index (χ4n) is 3.48. The van der Waals surface area contributed by atoms with Gasteiger partial charge in [-0.05, 0) is 55.4 Å². The van der Waals surface area contributed by atoms with Crippen molar-refractivity contribution in [2.24, 2.45) is 0 Å². The highest BCUT2D eigenvalue weighted by Gasteiger charge is 2.21. The molecule has 1 aliphatic rings. The second-order valence-electron chi connectivity index (χ2n) is 7.43. The molecule has 3 rings (SSSR count). The molecule has 1 aliphatic heterocycles. The Balaban J connectivity index is 1.81. The highest BCUT2D eigenvalue weighted by atomic mass is 16.2. The largest absolute Gasteiger partial charge is 0.337 e. The molecule has 142 valence electrons. The number of hydrogen-bond donors (Lipinski definition) is 1. The first kappa shape index (κ1) is 19.1. The summed E-state index contributed by atoms with van der Waals surface area (Å²) in [6.07, 6.45) is 4.75. The third-order valence-corrected chi connectivity index (χ3v) is 5.05. The first-order chi connectivity index (χ1) is 13.0. The predicted molar refractivity (Wildman–Crippen MR) is 107 cm³/mol. The zero-order valence-electron chi connectivity index (χ0n) is 16.3. The summed E-state index contributed by atoms with van der Waals surface area (Å²) in [5.74, 6) is -0.0155. The van der Waals surface area contributed by atoms with Gasteiger partial charge in [0.05, 0.1) is 0 Å². The topological polar surface area (TPSA) is 62.3 Å². The van der Waals surface area contributed by atoms with Gasteiger partial charge >= 0.3 is 0 Å². The van der Waals surface area contributed by atoms with Crippen molar-refractivity contribution in [1.82, 2.24) is 9.88 Å². The Morgan fingerprint density at radius 1 is 1.11 bits per heavy atom. The maximum atomic E-state index is 12.8. The Hall–Kier alpha value is -2.69. The summed E-state index contributed by atoms with van der Waals surface area (Å²) < 4.78 is 0. The molecule has 1 fully saturated rings. The summed E-state index contributed by atoms with van der Waals surface area (Å²) in [7, 11) is 0. The number of benzene rings is 1. The monoisotopic (exact) mass is 365 g/mol. The minimum Gasteiger partial charge on any atom is -0.337 e. The summed E-state index contributed by atoms with van der Waals surface area (Å²) >= 11 is 0. The van der Waals surface area contributed by atoms with E-state index in [0.29, 0.717) is 17.2 Å². The van der Waals surface area contributed by atoms with E-state index in [2.05, 4.69) is 24.1 Å². The van der Waals surface area contributed by atoms with E-state index in [1.807, 2.05) is 30.0 Å². The smallest absolute Gasteiger partial charge is 0.272 e. The van der Waals surface area contributed by atoms with E-state index in [0.717, 1.165) is 49.2 Å². The Bertz CT molecular complexity index is 839. The molecular formula is C22H27N3O2. The van der Waals surface area contributed by atoms with Crippen LogP contribution in [0, 0.1) is 6.92 Å². The number of para-hydroxylation sites is 1. The molecule has 2 heterocycles. The van der Waals surface area contributed by atoms with Crippen LogP contribution in [0.3, 0.4) is 0 Å². The average Bonchev–Trinajstić information content (AvgIpc) is 2.69. The lowest BCUT2D eigenvalue weighted by atomic mass is 9.98. The van der Waals surface area contributed by atoms with Crippen LogP contribution in [0.15, 0.2) is 36.5 Å². The third-order valence-electron chi connectivity index (χ3n) is 5.05. The molecule has 0 saturated carbocycles. The van der Waals surface area contributed by atoms with Gasteiger partial charge in [0.25, 0.3) is 11.8 Å². The molecular weight excluding hydrogens is 338 g/mol. The number of carbonyl (C=O) groups excluding carboxylic acids is 2. The lowest BCUT2D eigenvalue weighted by Crippen LogP contribution is -2.36. The van der Waals surface area contributed by atoms with Gasteiger partial charge in [-0.1, -0.05) is 32.0 Å². The number of likely N-dealkylation sites (tertiary alicyclic amines) is 1. The fourth-order valence-corrected chi connectivity index (χ4v) is 3.48. The Kier molecular flexibility index (Phi) is 5.89. The zero-order chi connectivity index (χ0) is 19.4. The number of piperidine rings is 1. The van der Waals surface area contributed by atoms with Gasteiger partial charge in [-0.3, -0.25) is 14.6 Å². The molecule has 0 bridgehead atoms. The van der Waals surface area contributed by atoms with Gasteiger partial charge < -0.3 is 10.2 Å². The van der Waals surface area contributed by atoms with Gasteiger partial charge in [0, 0.05) is 30.5 Å². The van der Waals surface area contributed by atoms with Gasteiger partial charge in [-0.2, -0.15) is 0 Å². The second kappa shape index (κ2) is 8.33. The molecule has 5 nitrogen and oxygen atoms in total. The number of aromatic nitrogens is 1. The van der Waals surface area contributed by atoms with Crippen molar-refractivity contribution < 1.29 is 9.59 Å². The van der Waals surface area contributed by atoms with E-state index in [-0.39, 0.29) is 11.8 Å². The van der Waals surface area contributed by atoms with Crippen molar-refractivity contribution in [1.29, 1.82) is 0 Å². The van der Waals surface area contributed by atoms with E-state index in [1.54, 1.807) is 12.1 Å². The van der Waals surface area contributed by atoms with Crippen LogP contribution in [-0.4, -0.2) is 34.8 Å². The van der Waals surface area contributed by atoms with E-state index < -0.39 is 0 Å². The predicted octanol–water partition coefficient (Wildman–Crippen LogP) is 4.39. The summed E-state index contributed by atoms with van der Waals surface area (Å²) in [5.41, 5.74) is 3.75. The van der Waals surface area contributed by atoms with Gasteiger partial charge in [-0.25, -0.2) is 0 Å². The first-order valence-electron chi connectivity index (χ1n) is 9.63. The molecule has 1 aromatic heterocycles. The maximum Gasteiger partial charge on any atom is 0.272 e. The summed E-state index contributed by atoms with van der Waals surface area (Å²) in [6.45, 7) is 7.72.